The standard InChI is InChI=1S/C18H23N3O6S/c1-18(2,3)27-17(23)21-9-7-20(8-10-21)16-19-14-6-5-12(28(4,24)25)11-13(14)15(22)26-16/h5-6,11H,7-10H2,1-4H3. The first-order valence-electron chi connectivity index (χ1n) is 8.82. The molecule has 9 nitrogen and oxygen atoms in total. The second-order valence-corrected chi connectivity index (χ2v) is 9.71. The maximum absolute atomic E-state index is 12.3. The van der Waals surface area contributed by atoms with Crippen LogP contribution in [0.15, 0.2) is 32.3 Å². The molecule has 1 aromatic heterocycles. The van der Waals surface area contributed by atoms with Gasteiger partial charge in [-0.05, 0) is 39.0 Å². The van der Waals surface area contributed by atoms with Gasteiger partial charge in [0.15, 0.2) is 9.84 Å². The van der Waals surface area contributed by atoms with Gasteiger partial charge in [-0.2, -0.15) is 4.98 Å². The van der Waals surface area contributed by atoms with Crippen molar-refractivity contribution in [3.05, 3.63) is 28.6 Å². The number of hydrogen-bond acceptors (Lipinski definition) is 8. The molecule has 1 aliphatic heterocycles. The fraction of sp³-hybridized carbons (Fsp3) is 0.500. The van der Waals surface area contributed by atoms with E-state index in [1.807, 2.05) is 20.8 Å². The highest BCUT2D eigenvalue weighted by Crippen LogP contribution is 2.20. The molecule has 28 heavy (non-hydrogen) atoms. The average Bonchev–Trinajstić information content (AvgIpc) is 2.59. The van der Waals surface area contributed by atoms with Crippen LogP contribution in [-0.2, 0) is 14.6 Å². The lowest BCUT2D eigenvalue weighted by molar-refractivity contribution is 0.0238. The molecule has 3 rings (SSSR count). The lowest BCUT2D eigenvalue weighted by Gasteiger charge is -2.35. The Morgan fingerprint density at radius 3 is 2.39 bits per heavy atom. The number of ether oxygens (including phenoxy) is 1. The summed E-state index contributed by atoms with van der Waals surface area (Å²) in [6.07, 6.45) is 0.690. The van der Waals surface area contributed by atoms with E-state index in [4.69, 9.17) is 9.15 Å². The summed E-state index contributed by atoms with van der Waals surface area (Å²) >= 11 is 0. The van der Waals surface area contributed by atoms with Crippen molar-refractivity contribution in [1.82, 2.24) is 9.88 Å². The highest BCUT2D eigenvalue weighted by atomic mass is 32.2. The molecule has 0 radical (unpaired) electrons. The number of sulfone groups is 1. The van der Waals surface area contributed by atoms with Crippen molar-refractivity contribution < 1.29 is 22.4 Å². The molecular formula is C18H23N3O6S. The van der Waals surface area contributed by atoms with Crippen molar-refractivity contribution in [2.75, 3.05) is 37.3 Å². The Labute approximate surface area is 162 Å². The number of carbonyl (C=O) groups is 1. The number of anilines is 1. The van der Waals surface area contributed by atoms with E-state index in [-0.39, 0.29) is 22.4 Å². The Morgan fingerprint density at radius 2 is 1.82 bits per heavy atom. The van der Waals surface area contributed by atoms with Crippen LogP contribution in [-0.4, -0.2) is 62.4 Å². The molecule has 0 aliphatic carbocycles. The molecule has 0 spiro atoms. The predicted octanol–water partition coefficient (Wildman–Crippen LogP) is 1.65. The zero-order chi connectivity index (χ0) is 20.7. The fourth-order valence-corrected chi connectivity index (χ4v) is 3.46. The molecular weight excluding hydrogens is 386 g/mol. The summed E-state index contributed by atoms with van der Waals surface area (Å²) in [6.45, 7) is 7.11. The summed E-state index contributed by atoms with van der Waals surface area (Å²) in [7, 11) is -3.44. The van der Waals surface area contributed by atoms with Gasteiger partial charge < -0.3 is 19.0 Å². The smallest absolute Gasteiger partial charge is 0.410 e. The van der Waals surface area contributed by atoms with Crippen LogP contribution in [0.5, 0.6) is 0 Å². The first-order chi connectivity index (χ1) is 12.9. The number of aromatic nitrogens is 1. The van der Waals surface area contributed by atoms with Gasteiger partial charge in [0.2, 0.25) is 0 Å². The number of amides is 1. The molecule has 0 N–H and O–H groups in total. The number of benzene rings is 1. The Hall–Kier alpha value is -2.62. The number of carbonyl (C=O) groups excluding carboxylic acids is 1. The minimum atomic E-state index is -3.44. The van der Waals surface area contributed by atoms with Crippen molar-refractivity contribution in [3.8, 4) is 0 Å². The van der Waals surface area contributed by atoms with Gasteiger partial charge in [-0.1, -0.05) is 0 Å². The SMILES string of the molecule is CC(C)(C)OC(=O)N1CCN(c2nc3ccc(S(C)(=O)=O)cc3c(=O)o2)CC1. The zero-order valence-electron chi connectivity index (χ0n) is 16.3. The number of nitrogens with zero attached hydrogens (tertiary/aromatic N) is 3. The van der Waals surface area contributed by atoms with Crippen LogP contribution in [0.4, 0.5) is 10.8 Å². The predicted molar refractivity (Wildman–Crippen MR) is 103 cm³/mol. The molecule has 0 bridgehead atoms. The molecule has 2 aromatic rings. The summed E-state index contributed by atoms with van der Waals surface area (Å²) < 4.78 is 34.0. The summed E-state index contributed by atoms with van der Waals surface area (Å²) in [5, 5.41) is 0.110. The quantitative estimate of drug-likeness (QED) is 0.736. The van der Waals surface area contributed by atoms with Gasteiger partial charge in [0, 0.05) is 32.4 Å². The first-order valence-corrected chi connectivity index (χ1v) is 10.7. The molecule has 10 heteroatoms. The van der Waals surface area contributed by atoms with Gasteiger partial charge in [0.25, 0.3) is 0 Å². The third kappa shape index (κ3) is 4.44. The third-order valence-corrected chi connectivity index (χ3v) is 5.33. The van der Waals surface area contributed by atoms with E-state index in [9.17, 15) is 18.0 Å². The van der Waals surface area contributed by atoms with E-state index in [2.05, 4.69) is 4.98 Å². The van der Waals surface area contributed by atoms with Gasteiger partial charge in [0.05, 0.1) is 15.8 Å². The fourth-order valence-electron chi connectivity index (χ4n) is 2.81. The first kappa shape index (κ1) is 20.1. The average molecular weight is 409 g/mol. The van der Waals surface area contributed by atoms with Crippen molar-refractivity contribution in [2.45, 2.75) is 31.3 Å². The molecule has 1 aromatic carbocycles. The molecule has 1 saturated heterocycles. The van der Waals surface area contributed by atoms with Crippen LogP contribution >= 0.6 is 0 Å². The number of piperazine rings is 1. The van der Waals surface area contributed by atoms with Crippen LogP contribution in [0.1, 0.15) is 20.8 Å². The van der Waals surface area contributed by atoms with Gasteiger partial charge in [-0.25, -0.2) is 18.0 Å². The largest absolute Gasteiger partial charge is 0.444 e. The van der Waals surface area contributed by atoms with Crippen LogP contribution < -0.4 is 10.5 Å². The Morgan fingerprint density at radius 1 is 1.18 bits per heavy atom. The Kier molecular flexibility index (Phi) is 5.09. The maximum atomic E-state index is 12.3. The minimum absolute atomic E-state index is 0.0350. The van der Waals surface area contributed by atoms with Crippen LogP contribution in [0, 0.1) is 0 Å². The summed E-state index contributed by atoms with van der Waals surface area (Å²) in [5.41, 5.74) is -0.862. The van der Waals surface area contributed by atoms with Crippen LogP contribution in [0.25, 0.3) is 10.9 Å². The van der Waals surface area contributed by atoms with Crippen LogP contribution in [0.3, 0.4) is 0 Å². The number of hydrogen-bond donors (Lipinski definition) is 0. The monoisotopic (exact) mass is 409 g/mol. The summed E-state index contributed by atoms with van der Waals surface area (Å²) in [4.78, 5) is 32.2. The summed E-state index contributed by atoms with van der Waals surface area (Å²) in [5.74, 6) is 0. The van der Waals surface area contributed by atoms with Gasteiger partial charge in [-0.3, -0.25) is 0 Å². The van der Waals surface area contributed by atoms with Crippen LogP contribution in [0.2, 0.25) is 0 Å². The van der Waals surface area contributed by atoms with E-state index in [1.54, 1.807) is 9.80 Å². The molecule has 1 fully saturated rings. The molecule has 1 amide bonds. The molecule has 0 atom stereocenters. The van der Waals surface area contributed by atoms with Gasteiger partial charge in [-0.15, -0.1) is 0 Å². The maximum Gasteiger partial charge on any atom is 0.410 e. The normalized spacial score (nSPS) is 15.7. The lowest BCUT2D eigenvalue weighted by atomic mass is 10.2. The second kappa shape index (κ2) is 7.08. The minimum Gasteiger partial charge on any atom is -0.444 e. The van der Waals surface area contributed by atoms with Gasteiger partial charge in [0.1, 0.15) is 5.60 Å². The highest BCUT2D eigenvalue weighted by Gasteiger charge is 2.27. The van der Waals surface area contributed by atoms with Crippen molar-refractivity contribution in [3.63, 3.8) is 0 Å². The van der Waals surface area contributed by atoms with Gasteiger partial charge >= 0.3 is 17.7 Å². The topological polar surface area (TPSA) is 110 Å². The second-order valence-electron chi connectivity index (χ2n) is 7.69. The van der Waals surface area contributed by atoms with Crippen molar-refractivity contribution in [2.24, 2.45) is 0 Å². The van der Waals surface area contributed by atoms with E-state index in [1.165, 1.54) is 18.2 Å². The van der Waals surface area contributed by atoms with E-state index >= 15 is 0 Å². The lowest BCUT2D eigenvalue weighted by Crippen LogP contribution is -2.50. The summed E-state index contributed by atoms with van der Waals surface area (Å²) in [6, 6.07) is 4.32. The third-order valence-electron chi connectivity index (χ3n) is 4.22. The molecule has 1 aliphatic rings. The Balaban J connectivity index is 1.78. The Bertz CT molecular complexity index is 1060. The number of fused-ring (bicyclic) bond motifs is 1. The zero-order valence-corrected chi connectivity index (χ0v) is 17.1. The van der Waals surface area contributed by atoms with E-state index in [0.29, 0.717) is 31.7 Å². The molecule has 0 saturated carbocycles. The molecule has 152 valence electrons. The van der Waals surface area contributed by atoms with E-state index in [0.717, 1.165) is 6.26 Å². The molecule has 2 heterocycles. The van der Waals surface area contributed by atoms with Crippen molar-refractivity contribution in [1.29, 1.82) is 0 Å². The molecule has 0 unspecified atom stereocenters. The van der Waals surface area contributed by atoms with Crippen molar-refractivity contribution >= 4 is 32.8 Å². The van der Waals surface area contributed by atoms with E-state index < -0.39 is 21.1 Å². The highest BCUT2D eigenvalue weighted by molar-refractivity contribution is 7.90. The number of rotatable bonds is 2.